The number of para-hydroxylation sites is 1. The summed E-state index contributed by atoms with van der Waals surface area (Å²) in [6, 6.07) is 15.8. The van der Waals surface area contributed by atoms with Gasteiger partial charge in [0.15, 0.2) is 24.7 Å². The van der Waals surface area contributed by atoms with Crippen LogP contribution < -0.4 is 19.7 Å². The molecule has 11 heteroatoms. The number of hydrogen-bond acceptors (Lipinski definition) is 6. The number of rotatable bonds is 8. The van der Waals surface area contributed by atoms with E-state index in [1.807, 2.05) is 24.3 Å². The maximum absolute atomic E-state index is 12.9. The molecule has 0 spiro atoms. The third-order valence-corrected chi connectivity index (χ3v) is 5.75. The highest BCUT2D eigenvalue weighted by Gasteiger charge is 2.30. The Kier molecular flexibility index (Phi) is 7.85. The number of fused-ring (bicyclic) bond motifs is 1. The summed E-state index contributed by atoms with van der Waals surface area (Å²) < 4.78 is 54.4. The number of methoxy groups -OCH3 is 1. The summed E-state index contributed by atoms with van der Waals surface area (Å²) in [4.78, 5) is 38.9. The molecule has 198 valence electrons. The summed E-state index contributed by atoms with van der Waals surface area (Å²) in [5.74, 6) is -1.56. The number of halogens is 3. The first-order chi connectivity index (χ1) is 18.2. The van der Waals surface area contributed by atoms with E-state index in [9.17, 15) is 27.6 Å². The number of nitrogens with zero attached hydrogens (tertiary/aromatic N) is 1. The molecule has 0 aromatic heterocycles. The Morgan fingerprint density at radius 3 is 2.50 bits per heavy atom. The molecule has 38 heavy (non-hydrogen) atoms. The van der Waals surface area contributed by atoms with E-state index < -0.39 is 36.8 Å². The van der Waals surface area contributed by atoms with Gasteiger partial charge in [0.25, 0.3) is 11.8 Å². The Hall–Kier alpha value is -4.54. The van der Waals surface area contributed by atoms with Gasteiger partial charge in [0.1, 0.15) is 0 Å². The maximum atomic E-state index is 12.9. The minimum Gasteiger partial charge on any atom is -0.493 e. The highest BCUT2D eigenvalue weighted by Crippen LogP contribution is 2.31. The predicted octanol–water partition coefficient (Wildman–Crippen LogP) is 4.48. The van der Waals surface area contributed by atoms with Gasteiger partial charge >= 0.3 is 12.1 Å². The number of alkyl halides is 3. The second-order valence-corrected chi connectivity index (χ2v) is 8.28. The van der Waals surface area contributed by atoms with E-state index >= 15 is 0 Å². The fraction of sp³-hybridized carbons (Fsp3) is 0.222. The average molecular weight is 528 g/mol. The van der Waals surface area contributed by atoms with Crippen molar-refractivity contribution in [3.8, 4) is 11.5 Å². The van der Waals surface area contributed by atoms with Gasteiger partial charge in [0.05, 0.1) is 18.2 Å². The smallest absolute Gasteiger partial charge is 0.416 e. The first-order valence-electron chi connectivity index (χ1n) is 11.5. The minimum atomic E-state index is -4.54. The Labute approximate surface area is 215 Å². The summed E-state index contributed by atoms with van der Waals surface area (Å²) in [7, 11) is 1.33. The standard InChI is InChI=1S/C27H23F3N2O6/c1-36-23-13-18(26(35)38-16-25(34)32-12-11-17-5-2-3-8-21(17)32)9-10-22(23)37-15-24(33)31-20-7-4-6-19(14-20)27(28,29)30/h2-10,13-14H,11-12,15-16H2,1H3,(H,31,33). The van der Waals surface area contributed by atoms with E-state index in [2.05, 4.69) is 5.32 Å². The summed E-state index contributed by atoms with van der Waals surface area (Å²) in [5, 5.41) is 2.33. The third kappa shape index (κ3) is 6.23. The van der Waals surface area contributed by atoms with Crippen molar-refractivity contribution >= 4 is 29.2 Å². The number of benzene rings is 3. The van der Waals surface area contributed by atoms with E-state index in [0.29, 0.717) is 6.54 Å². The summed E-state index contributed by atoms with van der Waals surface area (Å²) in [6.07, 6.45) is -3.81. The number of esters is 1. The second kappa shape index (κ2) is 11.2. The number of anilines is 2. The number of amides is 2. The number of ether oxygens (including phenoxy) is 3. The number of hydrogen-bond donors (Lipinski definition) is 1. The van der Waals surface area contributed by atoms with Crippen molar-refractivity contribution < 1.29 is 41.8 Å². The molecular formula is C27H23F3N2O6. The van der Waals surface area contributed by atoms with Gasteiger partial charge in [-0.05, 0) is 54.4 Å². The van der Waals surface area contributed by atoms with Crippen LogP contribution in [-0.4, -0.2) is 44.7 Å². The Morgan fingerprint density at radius 1 is 0.947 bits per heavy atom. The van der Waals surface area contributed by atoms with Crippen molar-refractivity contribution in [2.45, 2.75) is 12.6 Å². The van der Waals surface area contributed by atoms with Crippen LogP contribution in [0.15, 0.2) is 66.7 Å². The van der Waals surface area contributed by atoms with Crippen LogP contribution in [-0.2, 0) is 26.9 Å². The molecule has 0 saturated heterocycles. The van der Waals surface area contributed by atoms with Gasteiger partial charge in [0.2, 0.25) is 0 Å². The third-order valence-electron chi connectivity index (χ3n) is 5.75. The number of carbonyl (C=O) groups is 3. The van der Waals surface area contributed by atoms with Crippen LogP contribution in [0.5, 0.6) is 11.5 Å². The highest BCUT2D eigenvalue weighted by molar-refractivity contribution is 5.98. The normalized spacial score (nSPS) is 12.5. The van der Waals surface area contributed by atoms with E-state index in [-0.39, 0.29) is 28.7 Å². The SMILES string of the molecule is COc1cc(C(=O)OCC(=O)N2CCc3ccccc32)ccc1OCC(=O)Nc1cccc(C(F)(F)F)c1. The average Bonchev–Trinajstić information content (AvgIpc) is 3.34. The maximum Gasteiger partial charge on any atom is 0.416 e. The zero-order valence-corrected chi connectivity index (χ0v) is 20.2. The van der Waals surface area contributed by atoms with Crippen molar-refractivity contribution in [3.05, 3.63) is 83.4 Å². The van der Waals surface area contributed by atoms with Crippen molar-refractivity contribution in [2.75, 3.05) is 37.1 Å². The predicted molar refractivity (Wildman–Crippen MR) is 131 cm³/mol. The van der Waals surface area contributed by atoms with Crippen LogP contribution in [0.1, 0.15) is 21.5 Å². The quantitative estimate of drug-likeness (QED) is 0.434. The van der Waals surface area contributed by atoms with Crippen molar-refractivity contribution in [1.82, 2.24) is 0 Å². The molecule has 0 aliphatic carbocycles. The van der Waals surface area contributed by atoms with Gasteiger partial charge in [-0.25, -0.2) is 4.79 Å². The number of nitrogens with one attached hydrogen (secondary N) is 1. The lowest BCUT2D eigenvalue weighted by Crippen LogP contribution is -2.33. The molecule has 3 aromatic rings. The van der Waals surface area contributed by atoms with Crippen molar-refractivity contribution in [3.63, 3.8) is 0 Å². The molecule has 0 bridgehead atoms. The Bertz CT molecular complexity index is 1360. The van der Waals surface area contributed by atoms with Crippen LogP contribution in [0.4, 0.5) is 24.5 Å². The molecule has 3 aromatic carbocycles. The fourth-order valence-electron chi connectivity index (χ4n) is 3.91. The molecule has 1 aliphatic rings. The van der Waals surface area contributed by atoms with E-state index in [1.165, 1.54) is 37.4 Å². The molecule has 0 unspecified atom stereocenters. The van der Waals surface area contributed by atoms with Gasteiger partial charge in [-0.1, -0.05) is 24.3 Å². The summed E-state index contributed by atoms with van der Waals surface area (Å²) in [5.41, 5.74) is 1.01. The molecule has 2 amide bonds. The van der Waals surface area contributed by atoms with Gasteiger partial charge in [-0.2, -0.15) is 13.2 Å². The van der Waals surface area contributed by atoms with Gasteiger partial charge < -0.3 is 24.4 Å². The zero-order valence-electron chi connectivity index (χ0n) is 20.2. The number of carbonyl (C=O) groups excluding carboxylic acids is 3. The highest BCUT2D eigenvalue weighted by atomic mass is 19.4. The molecule has 1 aliphatic heterocycles. The Balaban J connectivity index is 1.32. The summed E-state index contributed by atoms with van der Waals surface area (Å²) in [6.45, 7) is -0.456. The molecule has 0 fully saturated rings. The topological polar surface area (TPSA) is 94.2 Å². The lowest BCUT2D eigenvalue weighted by Gasteiger charge is -2.17. The van der Waals surface area contributed by atoms with Gasteiger partial charge in [-0.3, -0.25) is 9.59 Å². The van der Waals surface area contributed by atoms with Crippen LogP contribution in [0, 0.1) is 0 Å². The van der Waals surface area contributed by atoms with Crippen LogP contribution in [0.25, 0.3) is 0 Å². The minimum absolute atomic E-state index is 0.0366. The zero-order chi connectivity index (χ0) is 27.3. The lowest BCUT2D eigenvalue weighted by atomic mass is 10.2. The molecule has 0 atom stereocenters. The molecule has 1 N–H and O–H groups in total. The molecule has 4 rings (SSSR count). The van der Waals surface area contributed by atoms with Crippen LogP contribution in [0.3, 0.4) is 0 Å². The van der Waals surface area contributed by atoms with Gasteiger partial charge in [-0.15, -0.1) is 0 Å². The molecule has 8 nitrogen and oxygen atoms in total. The molecule has 1 heterocycles. The van der Waals surface area contributed by atoms with Crippen LogP contribution >= 0.6 is 0 Å². The Morgan fingerprint density at radius 2 is 1.74 bits per heavy atom. The molecule has 0 radical (unpaired) electrons. The molecule has 0 saturated carbocycles. The summed E-state index contributed by atoms with van der Waals surface area (Å²) >= 11 is 0. The van der Waals surface area contributed by atoms with Crippen molar-refractivity contribution in [2.24, 2.45) is 0 Å². The largest absolute Gasteiger partial charge is 0.493 e. The first-order valence-corrected chi connectivity index (χ1v) is 11.5. The van der Waals surface area contributed by atoms with Gasteiger partial charge in [0, 0.05) is 17.9 Å². The van der Waals surface area contributed by atoms with E-state index in [0.717, 1.165) is 29.8 Å². The van der Waals surface area contributed by atoms with Crippen LogP contribution in [0.2, 0.25) is 0 Å². The van der Waals surface area contributed by atoms with E-state index in [1.54, 1.807) is 4.90 Å². The fourth-order valence-corrected chi connectivity index (χ4v) is 3.91. The lowest BCUT2D eigenvalue weighted by molar-refractivity contribution is -0.137. The van der Waals surface area contributed by atoms with E-state index in [4.69, 9.17) is 14.2 Å². The van der Waals surface area contributed by atoms with Crippen molar-refractivity contribution in [1.29, 1.82) is 0 Å². The monoisotopic (exact) mass is 528 g/mol. The molecular weight excluding hydrogens is 505 g/mol. The first kappa shape index (κ1) is 26.5. The second-order valence-electron chi connectivity index (χ2n) is 8.28.